The second-order valence-electron chi connectivity index (χ2n) is 6.04. The van der Waals surface area contributed by atoms with Gasteiger partial charge in [-0.25, -0.2) is 4.79 Å². The van der Waals surface area contributed by atoms with Crippen LogP contribution in [0.25, 0.3) is 11.0 Å². The molecule has 1 atom stereocenters. The zero-order valence-corrected chi connectivity index (χ0v) is 16.0. The Morgan fingerprint density at radius 2 is 1.92 bits per heavy atom. The maximum Gasteiger partial charge on any atom is 0.336 e. The number of carbonyl (C=O) groups excluding carboxylic acids is 1. The molecule has 26 heavy (non-hydrogen) atoms. The van der Waals surface area contributed by atoms with Crippen molar-refractivity contribution in [2.24, 2.45) is 0 Å². The van der Waals surface area contributed by atoms with Crippen molar-refractivity contribution in [1.82, 2.24) is 5.32 Å². The van der Waals surface area contributed by atoms with Gasteiger partial charge in [0.15, 0.2) is 6.61 Å². The van der Waals surface area contributed by atoms with Crippen molar-refractivity contribution in [2.75, 3.05) is 6.61 Å². The van der Waals surface area contributed by atoms with Crippen molar-refractivity contribution in [3.63, 3.8) is 0 Å². The van der Waals surface area contributed by atoms with Crippen LogP contribution in [-0.4, -0.2) is 12.5 Å². The largest absolute Gasteiger partial charge is 0.484 e. The van der Waals surface area contributed by atoms with E-state index in [0.717, 1.165) is 21.0 Å². The number of amides is 1. The fraction of sp³-hybridized carbons (Fsp3) is 0.200. The fourth-order valence-electron chi connectivity index (χ4n) is 2.66. The van der Waals surface area contributed by atoms with E-state index in [9.17, 15) is 9.59 Å². The van der Waals surface area contributed by atoms with E-state index in [4.69, 9.17) is 9.15 Å². The minimum atomic E-state index is -0.409. The summed E-state index contributed by atoms with van der Waals surface area (Å²) in [5.41, 5.74) is 1.87. The highest BCUT2D eigenvalue weighted by Crippen LogP contribution is 2.22. The van der Waals surface area contributed by atoms with Crippen LogP contribution in [-0.2, 0) is 4.79 Å². The van der Waals surface area contributed by atoms with Crippen LogP contribution in [0.3, 0.4) is 0 Å². The summed E-state index contributed by atoms with van der Waals surface area (Å²) in [6.45, 7) is 3.63. The molecule has 2 aromatic carbocycles. The maximum absolute atomic E-state index is 12.1. The first-order chi connectivity index (χ1) is 12.4. The Bertz CT molecular complexity index is 995. The van der Waals surface area contributed by atoms with E-state index in [1.807, 2.05) is 44.2 Å². The second-order valence-corrected chi connectivity index (χ2v) is 6.95. The molecular formula is C20H18BrNO4. The van der Waals surface area contributed by atoms with Gasteiger partial charge in [-0.3, -0.25) is 4.79 Å². The second kappa shape index (κ2) is 7.74. The van der Waals surface area contributed by atoms with E-state index in [1.54, 1.807) is 12.1 Å². The van der Waals surface area contributed by atoms with Gasteiger partial charge in [-0.05, 0) is 49.2 Å². The van der Waals surface area contributed by atoms with E-state index in [1.165, 1.54) is 6.07 Å². The smallest absolute Gasteiger partial charge is 0.336 e. The summed E-state index contributed by atoms with van der Waals surface area (Å²) in [4.78, 5) is 23.6. The van der Waals surface area contributed by atoms with Gasteiger partial charge >= 0.3 is 5.63 Å². The average Bonchev–Trinajstić information content (AvgIpc) is 2.60. The third kappa shape index (κ3) is 4.32. The summed E-state index contributed by atoms with van der Waals surface area (Å²) >= 11 is 3.39. The molecule has 0 aliphatic heterocycles. The number of nitrogens with one attached hydrogen (secondary N) is 1. The molecule has 0 unspecified atom stereocenters. The predicted molar refractivity (Wildman–Crippen MR) is 103 cm³/mol. The lowest BCUT2D eigenvalue weighted by Crippen LogP contribution is -2.31. The number of fused-ring (bicyclic) bond motifs is 1. The van der Waals surface area contributed by atoms with Crippen LogP contribution < -0.4 is 15.7 Å². The molecule has 0 spiro atoms. The number of aryl methyl sites for hydroxylation is 1. The van der Waals surface area contributed by atoms with Gasteiger partial charge in [0.05, 0.1) is 6.04 Å². The zero-order valence-electron chi connectivity index (χ0n) is 14.4. The highest BCUT2D eigenvalue weighted by atomic mass is 79.9. The Balaban J connectivity index is 1.63. The van der Waals surface area contributed by atoms with Crippen LogP contribution >= 0.6 is 15.9 Å². The lowest BCUT2D eigenvalue weighted by molar-refractivity contribution is -0.123. The molecule has 0 fully saturated rings. The normalized spacial score (nSPS) is 12.0. The molecule has 1 amide bonds. The first kappa shape index (κ1) is 18.2. The van der Waals surface area contributed by atoms with Crippen LogP contribution in [0.4, 0.5) is 0 Å². The molecule has 3 aromatic rings. The molecule has 134 valence electrons. The van der Waals surface area contributed by atoms with E-state index in [0.29, 0.717) is 11.3 Å². The van der Waals surface area contributed by atoms with Gasteiger partial charge in [-0.2, -0.15) is 0 Å². The standard InChI is InChI=1S/C20H18BrNO4/c1-12-9-20(24)26-18-10-16(7-8-17(12)18)25-11-19(23)22-13(2)14-3-5-15(21)6-4-14/h3-10,13H,11H2,1-2H3,(H,22,23)/t13-/m0/s1. The molecular weight excluding hydrogens is 398 g/mol. The summed E-state index contributed by atoms with van der Waals surface area (Å²) in [5.74, 6) is 0.240. The van der Waals surface area contributed by atoms with Gasteiger partial charge in [-0.15, -0.1) is 0 Å². The first-order valence-corrected chi connectivity index (χ1v) is 8.94. The van der Waals surface area contributed by atoms with Crippen LogP contribution in [0.15, 0.2) is 62.2 Å². The topological polar surface area (TPSA) is 68.5 Å². The van der Waals surface area contributed by atoms with Crippen LogP contribution in [0, 0.1) is 6.92 Å². The molecule has 1 heterocycles. The molecule has 6 heteroatoms. The Labute approximate surface area is 159 Å². The molecule has 5 nitrogen and oxygen atoms in total. The molecule has 3 rings (SSSR count). The lowest BCUT2D eigenvalue weighted by atomic mass is 10.1. The highest BCUT2D eigenvalue weighted by Gasteiger charge is 2.11. The van der Waals surface area contributed by atoms with Crippen molar-refractivity contribution in [3.8, 4) is 5.75 Å². The van der Waals surface area contributed by atoms with Crippen LogP contribution in [0.1, 0.15) is 24.1 Å². The molecule has 0 aliphatic carbocycles. The summed E-state index contributed by atoms with van der Waals surface area (Å²) in [7, 11) is 0. The summed E-state index contributed by atoms with van der Waals surface area (Å²) in [6.07, 6.45) is 0. The number of hydrogen-bond acceptors (Lipinski definition) is 4. The molecule has 0 aliphatic rings. The van der Waals surface area contributed by atoms with Crippen LogP contribution in [0.2, 0.25) is 0 Å². The fourth-order valence-corrected chi connectivity index (χ4v) is 2.93. The van der Waals surface area contributed by atoms with Crippen molar-refractivity contribution < 1.29 is 13.9 Å². The average molecular weight is 416 g/mol. The van der Waals surface area contributed by atoms with Gasteiger partial charge in [0.2, 0.25) is 0 Å². The van der Waals surface area contributed by atoms with E-state index in [-0.39, 0.29) is 18.6 Å². The molecule has 1 aromatic heterocycles. The highest BCUT2D eigenvalue weighted by molar-refractivity contribution is 9.10. The minimum Gasteiger partial charge on any atom is -0.484 e. The first-order valence-electron chi connectivity index (χ1n) is 8.14. The molecule has 1 N–H and O–H groups in total. The number of rotatable bonds is 5. The van der Waals surface area contributed by atoms with Gasteiger partial charge < -0.3 is 14.5 Å². The summed E-state index contributed by atoms with van der Waals surface area (Å²) < 4.78 is 11.7. The molecule has 0 saturated carbocycles. The Kier molecular flexibility index (Phi) is 5.42. The predicted octanol–water partition coefficient (Wildman–Crippen LogP) is 4.12. The van der Waals surface area contributed by atoms with Crippen molar-refractivity contribution >= 4 is 32.8 Å². The van der Waals surface area contributed by atoms with Gasteiger partial charge in [-0.1, -0.05) is 28.1 Å². The number of ether oxygens (including phenoxy) is 1. The summed E-state index contributed by atoms with van der Waals surface area (Å²) in [6, 6.07) is 14.3. The van der Waals surface area contributed by atoms with E-state index in [2.05, 4.69) is 21.2 Å². The maximum atomic E-state index is 12.1. The van der Waals surface area contributed by atoms with Crippen molar-refractivity contribution in [1.29, 1.82) is 0 Å². The number of carbonyl (C=O) groups is 1. The quantitative estimate of drug-likeness (QED) is 0.636. The minimum absolute atomic E-state index is 0.123. The zero-order chi connectivity index (χ0) is 18.7. The van der Waals surface area contributed by atoms with Gasteiger partial charge in [0, 0.05) is 22.0 Å². The Morgan fingerprint density at radius 3 is 2.65 bits per heavy atom. The number of hydrogen-bond donors (Lipinski definition) is 1. The molecule has 0 bridgehead atoms. The monoisotopic (exact) mass is 415 g/mol. The molecule has 0 saturated heterocycles. The lowest BCUT2D eigenvalue weighted by Gasteiger charge is -2.15. The van der Waals surface area contributed by atoms with E-state index < -0.39 is 5.63 Å². The number of benzene rings is 2. The molecule has 0 radical (unpaired) electrons. The Morgan fingerprint density at radius 1 is 1.19 bits per heavy atom. The Hall–Kier alpha value is -2.60. The third-order valence-corrected chi connectivity index (χ3v) is 4.57. The van der Waals surface area contributed by atoms with Gasteiger partial charge in [0.1, 0.15) is 11.3 Å². The van der Waals surface area contributed by atoms with Crippen molar-refractivity contribution in [2.45, 2.75) is 19.9 Å². The van der Waals surface area contributed by atoms with E-state index >= 15 is 0 Å². The van der Waals surface area contributed by atoms with Gasteiger partial charge in [0.25, 0.3) is 5.91 Å². The third-order valence-electron chi connectivity index (χ3n) is 4.04. The van der Waals surface area contributed by atoms with Crippen LogP contribution in [0.5, 0.6) is 5.75 Å². The van der Waals surface area contributed by atoms with Crippen molar-refractivity contribution in [3.05, 3.63) is 74.6 Å². The SMILES string of the molecule is Cc1cc(=O)oc2cc(OCC(=O)N[C@@H](C)c3ccc(Br)cc3)ccc12. The number of halogens is 1. The summed E-state index contributed by atoms with van der Waals surface area (Å²) in [5, 5.41) is 3.73.